The first-order valence-electron chi connectivity index (χ1n) is 26.5. The van der Waals surface area contributed by atoms with Crippen LogP contribution in [0.15, 0.2) is 247 Å². The number of furan rings is 1. The number of aryl methyl sites for hydroxylation is 6. The minimum absolute atomic E-state index is 0.790. The van der Waals surface area contributed by atoms with Gasteiger partial charge in [-0.15, -0.1) is 0 Å². The predicted molar refractivity (Wildman–Crippen MR) is 320 cm³/mol. The van der Waals surface area contributed by atoms with Crippen LogP contribution < -0.4 is 9.80 Å². The number of para-hydroxylation sites is 1. The summed E-state index contributed by atoms with van der Waals surface area (Å²) < 4.78 is 7.38. The summed E-state index contributed by atoms with van der Waals surface area (Å²) in [7, 11) is 0. The molecule has 12 aromatic rings. The molecule has 1 aliphatic carbocycles. The van der Waals surface area contributed by atoms with Crippen LogP contribution in [0.2, 0.25) is 0 Å². The summed E-state index contributed by atoms with van der Waals surface area (Å²) in [6, 6.07) is 90.0. The van der Waals surface area contributed by atoms with Crippen molar-refractivity contribution in [3.63, 3.8) is 0 Å². The molecule has 0 N–H and O–H groups in total. The van der Waals surface area contributed by atoms with Crippen molar-refractivity contribution in [1.82, 2.24) is 0 Å². The first-order chi connectivity index (χ1) is 37.1. The summed E-state index contributed by atoms with van der Waals surface area (Å²) in [6.45, 7) is 13.1. The Balaban J connectivity index is 1.12. The fourth-order valence-corrected chi connectivity index (χ4v) is 12.1. The third kappa shape index (κ3) is 7.73. The second-order valence-electron chi connectivity index (χ2n) is 20.9. The Morgan fingerprint density at radius 3 is 1.34 bits per heavy atom. The summed E-state index contributed by atoms with van der Waals surface area (Å²) >= 11 is 0. The van der Waals surface area contributed by atoms with Crippen LogP contribution in [0, 0.1) is 41.5 Å². The van der Waals surface area contributed by atoms with Crippen LogP contribution in [0.3, 0.4) is 0 Å². The summed E-state index contributed by atoms with van der Waals surface area (Å²) in [4.78, 5) is 4.88. The Morgan fingerprint density at radius 2 is 0.816 bits per heavy atom. The standard InChI is InChI=1S/C73H58N2O/c1-47-25-33-57(34-26-47)74(58-37-29-53(30-38-58)62-21-9-7-17-51(62)5)61-41-42-64-66(45-61)73(55-19-13-15-49(3)43-55,56-20-14-16-50(4)44-56)67-46-68(71-65-23-11-12-24-69(65)76-72(71)70(64)67)75(59-35-27-48(2)28-36-59)60-39-31-54(32-40-60)63-22-10-8-18-52(63)6/h7-46H,1-6H3. The highest BCUT2D eigenvalue weighted by Gasteiger charge is 2.49. The summed E-state index contributed by atoms with van der Waals surface area (Å²) in [5.41, 5.74) is 26.6. The lowest BCUT2D eigenvalue weighted by Gasteiger charge is -2.36. The topological polar surface area (TPSA) is 19.6 Å². The minimum Gasteiger partial charge on any atom is -0.455 e. The second-order valence-corrected chi connectivity index (χ2v) is 20.9. The van der Waals surface area contributed by atoms with E-state index < -0.39 is 5.41 Å². The Bertz CT molecular complexity index is 4120. The van der Waals surface area contributed by atoms with Gasteiger partial charge in [-0.05, 0) is 176 Å². The molecule has 1 aliphatic rings. The van der Waals surface area contributed by atoms with Crippen molar-refractivity contribution in [1.29, 1.82) is 0 Å². The zero-order chi connectivity index (χ0) is 51.7. The van der Waals surface area contributed by atoms with E-state index in [-0.39, 0.29) is 0 Å². The summed E-state index contributed by atoms with van der Waals surface area (Å²) in [5.74, 6) is 0. The van der Waals surface area contributed by atoms with Gasteiger partial charge in [0.25, 0.3) is 0 Å². The lowest BCUT2D eigenvalue weighted by atomic mass is 9.67. The first-order valence-corrected chi connectivity index (χ1v) is 26.5. The van der Waals surface area contributed by atoms with Gasteiger partial charge in [-0.2, -0.15) is 0 Å². The molecule has 0 fully saturated rings. The Hall–Kier alpha value is -9.18. The van der Waals surface area contributed by atoms with Crippen molar-refractivity contribution in [2.75, 3.05) is 9.80 Å². The fraction of sp³-hybridized carbons (Fsp3) is 0.0959. The zero-order valence-corrected chi connectivity index (χ0v) is 43.9. The van der Waals surface area contributed by atoms with E-state index >= 15 is 0 Å². The van der Waals surface area contributed by atoms with E-state index in [4.69, 9.17) is 4.42 Å². The molecule has 0 saturated carbocycles. The number of hydrogen-bond donors (Lipinski definition) is 0. The van der Waals surface area contributed by atoms with E-state index in [1.165, 1.54) is 77.9 Å². The molecule has 1 aromatic heterocycles. The number of rotatable bonds is 10. The van der Waals surface area contributed by atoms with E-state index in [1.807, 2.05) is 0 Å². The largest absolute Gasteiger partial charge is 0.455 e. The van der Waals surface area contributed by atoms with Crippen molar-refractivity contribution in [3.8, 4) is 33.4 Å². The lowest BCUT2D eigenvalue weighted by molar-refractivity contribution is 0.669. The van der Waals surface area contributed by atoms with E-state index in [2.05, 4.69) is 294 Å². The number of hydrogen-bond acceptors (Lipinski definition) is 3. The molecule has 0 radical (unpaired) electrons. The van der Waals surface area contributed by atoms with Gasteiger partial charge in [0.2, 0.25) is 0 Å². The van der Waals surface area contributed by atoms with Crippen molar-refractivity contribution in [2.45, 2.75) is 47.0 Å². The average Bonchev–Trinajstić information content (AvgIpc) is 4.18. The highest BCUT2D eigenvalue weighted by Crippen LogP contribution is 2.62. The van der Waals surface area contributed by atoms with Gasteiger partial charge in [0.15, 0.2) is 0 Å². The van der Waals surface area contributed by atoms with E-state index in [9.17, 15) is 0 Å². The smallest absolute Gasteiger partial charge is 0.145 e. The predicted octanol–water partition coefficient (Wildman–Crippen LogP) is 20.1. The molecule has 1 heterocycles. The molecule has 76 heavy (non-hydrogen) atoms. The van der Waals surface area contributed by atoms with Gasteiger partial charge in [0, 0.05) is 39.4 Å². The molecule has 0 atom stereocenters. The molecule has 0 saturated heterocycles. The molecule has 366 valence electrons. The molecular weight excluding hydrogens is 921 g/mol. The van der Waals surface area contributed by atoms with Crippen molar-refractivity contribution in [3.05, 3.63) is 298 Å². The van der Waals surface area contributed by atoms with Gasteiger partial charge in [0.1, 0.15) is 11.2 Å². The van der Waals surface area contributed by atoms with Gasteiger partial charge >= 0.3 is 0 Å². The first kappa shape index (κ1) is 46.6. The van der Waals surface area contributed by atoms with Gasteiger partial charge in [0.05, 0.1) is 16.5 Å². The van der Waals surface area contributed by atoms with Gasteiger partial charge in [-0.25, -0.2) is 0 Å². The van der Waals surface area contributed by atoms with Crippen molar-refractivity contribution >= 4 is 56.1 Å². The van der Waals surface area contributed by atoms with E-state index in [0.29, 0.717) is 0 Å². The number of nitrogens with zero attached hydrogens (tertiary/aromatic N) is 2. The SMILES string of the molecule is Cc1ccc(N(c2ccc(-c3ccccc3C)cc2)c2ccc3c(c2)C(c2cccc(C)c2)(c2cccc(C)c2)c2cc(N(c4ccc(C)cc4)c4ccc(-c5ccccc5C)cc4)c4c(oc5ccccc54)c2-3)cc1. The maximum absolute atomic E-state index is 7.38. The maximum atomic E-state index is 7.38. The van der Waals surface area contributed by atoms with Crippen LogP contribution in [-0.4, -0.2) is 0 Å². The van der Waals surface area contributed by atoms with Crippen molar-refractivity contribution < 1.29 is 4.42 Å². The second kappa shape index (κ2) is 18.6. The molecule has 3 nitrogen and oxygen atoms in total. The molecule has 0 unspecified atom stereocenters. The third-order valence-corrected chi connectivity index (χ3v) is 15.9. The number of anilines is 6. The van der Waals surface area contributed by atoms with Crippen LogP contribution in [0.4, 0.5) is 34.1 Å². The third-order valence-electron chi connectivity index (χ3n) is 15.9. The average molecular weight is 979 g/mol. The van der Waals surface area contributed by atoms with E-state index in [1.54, 1.807) is 0 Å². The Morgan fingerprint density at radius 1 is 0.342 bits per heavy atom. The molecule has 0 spiro atoms. The molecule has 3 heteroatoms. The highest BCUT2D eigenvalue weighted by molar-refractivity contribution is 6.19. The highest BCUT2D eigenvalue weighted by atomic mass is 16.3. The maximum Gasteiger partial charge on any atom is 0.145 e. The summed E-state index contributed by atoms with van der Waals surface area (Å²) in [5, 5.41) is 2.15. The van der Waals surface area contributed by atoms with E-state index in [0.717, 1.165) is 67.2 Å². The summed E-state index contributed by atoms with van der Waals surface area (Å²) in [6.07, 6.45) is 0. The van der Waals surface area contributed by atoms with Crippen LogP contribution in [0.1, 0.15) is 55.6 Å². The molecule has 0 bridgehead atoms. The minimum atomic E-state index is -0.790. The number of fused-ring (bicyclic) bond motifs is 7. The van der Waals surface area contributed by atoms with Crippen LogP contribution in [0.25, 0.3) is 55.3 Å². The van der Waals surface area contributed by atoms with Gasteiger partial charge in [-0.1, -0.05) is 192 Å². The molecular formula is C73H58N2O. The monoisotopic (exact) mass is 978 g/mol. The normalized spacial score (nSPS) is 12.4. The Kier molecular flexibility index (Phi) is 11.4. The van der Waals surface area contributed by atoms with Crippen LogP contribution in [0.5, 0.6) is 0 Å². The van der Waals surface area contributed by atoms with Gasteiger partial charge < -0.3 is 14.2 Å². The molecule has 0 amide bonds. The number of benzene rings is 11. The fourth-order valence-electron chi connectivity index (χ4n) is 12.1. The quantitative estimate of drug-likeness (QED) is 0.136. The van der Waals surface area contributed by atoms with Crippen LogP contribution >= 0.6 is 0 Å². The van der Waals surface area contributed by atoms with Gasteiger partial charge in [-0.3, -0.25) is 0 Å². The lowest BCUT2D eigenvalue weighted by Crippen LogP contribution is -2.29. The molecule has 11 aromatic carbocycles. The van der Waals surface area contributed by atoms with Crippen LogP contribution in [-0.2, 0) is 5.41 Å². The Labute approximate surface area is 446 Å². The van der Waals surface area contributed by atoms with Crippen molar-refractivity contribution in [2.24, 2.45) is 0 Å². The zero-order valence-electron chi connectivity index (χ0n) is 43.9. The molecule has 13 rings (SSSR count). The molecule has 0 aliphatic heterocycles.